The molecule has 0 saturated carbocycles. The molecular formula is C32H57NO5S. The van der Waals surface area contributed by atoms with Crippen LogP contribution in [-0.4, -0.2) is 41.9 Å². The van der Waals surface area contributed by atoms with Crippen LogP contribution in [0.1, 0.15) is 129 Å². The first-order valence-electron chi connectivity index (χ1n) is 15.3. The Labute approximate surface area is 239 Å². The summed E-state index contributed by atoms with van der Waals surface area (Å²) in [6.07, 6.45) is 33.9. The Morgan fingerprint density at radius 2 is 1.18 bits per heavy atom. The fraction of sp³-hybridized carbons (Fsp3) is 0.719. The Morgan fingerprint density at radius 1 is 0.692 bits per heavy atom. The first kappa shape index (κ1) is 37.3. The maximum absolute atomic E-state index is 12.4. The Morgan fingerprint density at radius 3 is 1.74 bits per heavy atom. The summed E-state index contributed by atoms with van der Waals surface area (Å²) in [5.74, 6) is -1.03. The van der Waals surface area contributed by atoms with Crippen LogP contribution in [0, 0.1) is 0 Å². The van der Waals surface area contributed by atoms with E-state index in [0.717, 1.165) is 57.8 Å². The van der Waals surface area contributed by atoms with Crippen molar-refractivity contribution in [3.63, 3.8) is 0 Å². The number of allylic oxidation sites excluding steroid dienone is 7. The Bertz CT molecular complexity index is 801. The molecule has 0 aromatic heterocycles. The molecule has 2 unspecified atom stereocenters. The largest absolute Gasteiger partial charge is 0.387 e. The van der Waals surface area contributed by atoms with Crippen molar-refractivity contribution >= 4 is 16.0 Å². The van der Waals surface area contributed by atoms with Crippen LogP contribution < -0.4 is 5.32 Å². The highest BCUT2D eigenvalue weighted by molar-refractivity contribution is 7.85. The van der Waals surface area contributed by atoms with Crippen molar-refractivity contribution in [1.29, 1.82) is 0 Å². The SMILES string of the molecule is CC/C=C/CC/C=C/CC/C=C/C(O)C(CS(=O)(=O)O)NC(=O)CCCCCCC/C=C\CCCCCCC. The highest BCUT2D eigenvalue weighted by atomic mass is 32.2. The van der Waals surface area contributed by atoms with Crippen LogP contribution in [0.15, 0.2) is 48.6 Å². The topological polar surface area (TPSA) is 104 Å². The molecule has 0 bridgehead atoms. The predicted molar refractivity (Wildman–Crippen MR) is 165 cm³/mol. The van der Waals surface area contributed by atoms with E-state index in [1.165, 1.54) is 44.6 Å². The molecule has 39 heavy (non-hydrogen) atoms. The van der Waals surface area contributed by atoms with Gasteiger partial charge < -0.3 is 10.4 Å². The molecule has 0 aliphatic heterocycles. The van der Waals surface area contributed by atoms with Gasteiger partial charge in [-0.2, -0.15) is 8.42 Å². The van der Waals surface area contributed by atoms with Gasteiger partial charge in [-0.15, -0.1) is 0 Å². The average Bonchev–Trinajstić information content (AvgIpc) is 2.88. The molecule has 0 spiro atoms. The molecule has 0 aromatic rings. The number of carbonyl (C=O) groups is 1. The maximum Gasteiger partial charge on any atom is 0.267 e. The number of amides is 1. The summed E-state index contributed by atoms with van der Waals surface area (Å²) in [7, 11) is -4.35. The van der Waals surface area contributed by atoms with Crippen molar-refractivity contribution in [2.45, 2.75) is 142 Å². The van der Waals surface area contributed by atoms with Gasteiger partial charge in [0.25, 0.3) is 10.1 Å². The monoisotopic (exact) mass is 567 g/mol. The fourth-order valence-corrected chi connectivity index (χ4v) is 4.92. The zero-order valence-electron chi connectivity index (χ0n) is 24.7. The Hall–Kier alpha value is -1.70. The van der Waals surface area contributed by atoms with E-state index in [0.29, 0.717) is 12.8 Å². The minimum absolute atomic E-state index is 0.272. The normalized spacial score (nSPS) is 14.3. The molecule has 0 aliphatic carbocycles. The lowest BCUT2D eigenvalue weighted by molar-refractivity contribution is -0.122. The summed E-state index contributed by atoms with van der Waals surface area (Å²) in [5, 5.41) is 13.0. The molecule has 3 N–H and O–H groups in total. The average molecular weight is 568 g/mol. The van der Waals surface area contributed by atoms with E-state index in [9.17, 15) is 22.9 Å². The van der Waals surface area contributed by atoms with Crippen LogP contribution in [0.3, 0.4) is 0 Å². The molecule has 0 aromatic carbocycles. The van der Waals surface area contributed by atoms with Crippen molar-refractivity contribution in [2.24, 2.45) is 0 Å². The smallest absolute Gasteiger partial charge is 0.267 e. The lowest BCUT2D eigenvalue weighted by atomic mass is 10.1. The van der Waals surface area contributed by atoms with Gasteiger partial charge in [0.15, 0.2) is 0 Å². The van der Waals surface area contributed by atoms with Crippen LogP contribution in [-0.2, 0) is 14.9 Å². The van der Waals surface area contributed by atoms with E-state index in [4.69, 9.17) is 0 Å². The number of unbranched alkanes of at least 4 members (excludes halogenated alkanes) is 12. The summed E-state index contributed by atoms with van der Waals surface area (Å²) in [5.41, 5.74) is 0. The zero-order chi connectivity index (χ0) is 29.0. The van der Waals surface area contributed by atoms with Crippen molar-refractivity contribution < 1.29 is 22.9 Å². The Kier molecular flexibility index (Phi) is 25.4. The summed E-state index contributed by atoms with van der Waals surface area (Å²) < 4.78 is 32.1. The molecule has 0 heterocycles. The van der Waals surface area contributed by atoms with Crippen LogP contribution in [0.4, 0.5) is 0 Å². The van der Waals surface area contributed by atoms with Crippen LogP contribution in [0.5, 0.6) is 0 Å². The predicted octanol–water partition coefficient (Wildman–Crippen LogP) is 8.01. The van der Waals surface area contributed by atoms with Gasteiger partial charge in [-0.3, -0.25) is 9.35 Å². The molecular weight excluding hydrogens is 510 g/mol. The molecule has 7 heteroatoms. The number of rotatable bonds is 26. The number of hydrogen-bond acceptors (Lipinski definition) is 4. The van der Waals surface area contributed by atoms with Crippen LogP contribution >= 0.6 is 0 Å². The van der Waals surface area contributed by atoms with Gasteiger partial charge in [-0.1, -0.05) is 107 Å². The van der Waals surface area contributed by atoms with Gasteiger partial charge in [0.1, 0.15) is 0 Å². The molecule has 0 aliphatic rings. The second-order valence-electron chi connectivity index (χ2n) is 10.3. The summed E-state index contributed by atoms with van der Waals surface area (Å²) in [6, 6.07) is -1.08. The minimum Gasteiger partial charge on any atom is -0.387 e. The lowest BCUT2D eigenvalue weighted by Gasteiger charge is -2.21. The summed E-state index contributed by atoms with van der Waals surface area (Å²) >= 11 is 0. The van der Waals surface area contributed by atoms with Crippen molar-refractivity contribution in [1.82, 2.24) is 5.32 Å². The van der Waals surface area contributed by atoms with Gasteiger partial charge in [0, 0.05) is 6.42 Å². The van der Waals surface area contributed by atoms with E-state index in [2.05, 4.69) is 55.6 Å². The van der Waals surface area contributed by atoms with Gasteiger partial charge in [-0.25, -0.2) is 0 Å². The first-order chi connectivity index (χ1) is 18.8. The second-order valence-corrected chi connectivity index (χ2v) is 11.8. The van der Waals surface area contributed by atoms with Crippen molar-refractivity contribution in [3.05, 3.63) is 48.6 Å². The van der Waals surface area contributed by atoms with E-state index < -0.39 is 28.0 Å². The number of aliphatic hydroxyl groups is 1. The van der Waals surface area contributed by atoms with Gasteiger partial charge >= 0.3 is 0 Å². The first-order valence-corrected chi connectivity index (χ1v) is 16.9. The molecule has 2 atom stereocenters. The molecule has 226 valence electrons. The molecule has 1 amide bonds. The number of carbonyl (C=O) groups excluding carboxylic acids is 1. The van der Waals surface area contributed by atoms with Gasteiger partial charge in [0.05, 0.1) is 17.9 Å². The summed E-state index contributed by atoms with van der Waals surface area (Å²) in [6.45, 7) is 4.34. The second kappa shape index (κ2) is 26.5. The quantitative estimate of drug-likeness (QED) is 0.0558. The standard InChI is InChI=1S/C32H57NO5S/c1-3-5-7-9-11-13-15-16-17-18-20-22-24-26-28-32(35)33-30(29-39(36,37)38)31(34)27-25-23-21-19-14-12-10-8-6-4-2/h6,8,14-16,19,25,27,30-31,34H,3-5,7,9-13,17-18,20-24,26,28-29H2,1-2H3,(H,33,35)(H,36,37,38)/b8-6+,16-15-,19-14+,27-25+. The van der Waals surface area contributed by atoms with Crippen molar-refractivity contribution in [3.8, 4) is 0 Å². The van der Waals surface area contributed by atoms with E-state index >= 15 is 0 Å². The lowest BCUT2D eigenvalue weighted by Crippen LogP contribution is -2.46. The van der Waals surface area contributed by atoms with Crippen LogP contribution in [0.25, 0.3) is 0 Å². The third kappa shape index (κ3) is 27.7. The number of hydrogen-bond donors (Lipinski definition) is 3. The third-order valence-corrected chi connectivity index (χ3v) is 7.25. The molecule has 0 saturated heterocycles. The minimum atomic E-state index is -4.35. The van der Waals surface area contributed by atoms with Gasteiger partial charge in [-0.05, 0) is 64.2 Å². The summed E-state index contributed by atoms with van der Waals surface area (Å²) in [4.78, 5) is 12.4. The zero-order valence-corrected chi connectivity index (χ0v) is 25.6. The molecule has 0 rings (SSSR count). The van der Waals surface area contributed by atoms with E-state index in [1.807, 2.05) is 0 Å². The molecule has 6 nitrogen and oxygen atoms in total. The number of nitrogens with one attached hydrogen (secondary N) is 1. The number of aliphatic hydroxyl groups excluding tert-OH is 1. The maximum atomic E-state index is 12.4. The van der Waals surface area contributed by atoms with Crippen molar-refractivity contribution in [2.75, 3.05) is 5.75 Å². The highest BCUT2D eigenvalue weighted by Crippen LogP contribution is 2.10. The van der Waals surface area contributed by atoms with E-state index in [-0.39, 0.29) is 12.3 Å². The molecule has 0 fully saturated rings. The van der Waals surface area contributed by atoms with Gasteiger partial charge in [0.2, 0.25) is 5.91 Å². The highest BCUT2D eigenvalue weighted by Gasteiger charge is 2.24. The fourth-order valence-electron chi connectivity index (χ4n) is 4.19. The van der Waals surface area contributed by atoms with Crippen LogP contribution in [0.2, 0.25) is 0 Å². The van der Waals surface area contributed by atoms with E-state index in [1.54, 1.807) is 6.08 Å². The third-order valence-electron chi connectivity index (χ3n) is 6.47. The molecule has 0 radical (unpaired) electrons. The Balaban J connectivity index is 4.15.